The Bertz CT molecular complexity index is 743. The number of hydrogen-bond donors (Lipinski definition) is 2. The lowest BCUT2D eigenvalue weighted by Gasteiger charge is -2.16. The molecule has 0 aliphatic heterocycles. The fraction of sp³-hybridized carbons (Fsp3) is 0.562. The van der Waals surface area contributed by atoms with E-state index in [1.807, 2.05) is 4.57 Å². The number of nitrogens with one attached hydrogen (secondary N) is 1. The molecule has 2 aromatic heterocycles. The second kappa shape index (κ2) is 9.09. The molecule has 0 aromatic carbocycles. The molecule has 10 nitrogen and oxygen atoms in total. The molecule has 0 saturated carbocycles. The van der Waals surface area contributed by atoms with Gasteiger partial charge in [0.1, 0.15) is 11.7 Å². The quantitative estimate of drug-likeness (QED) is 0.487. The normalized spacial score (nSPS) is 12.2. The van der Waals surface area contributed by atoms with Crippen molar-refractivity contribution in [3.63, 3.8) is 0 Å². The van der Waals surface area contributed by atoms with E-state index in [0.29, 0.717) is 30.1 Å². The number of aliphatic hydroxyl groups is 1. The number of fused-ring (bicyclic) bond motifs is 1. The summed E-state index contributed by atoms with van der Waals surface area (Å²) in [5.74, 6) is -0.609. The van der Waals surface area contributed by atoms with E-state index < -0.39 is 6.23 Å². The Hall–Kier alpha value is -2.75. The average Bonchev–Trinajstić information content (AvgIpc) is 2.95. The number of carbonyl (C=O) groups is 2. The Morgan fingerprint density at radius 2 is 1.88 bits per heavy atom. The van der Waals surface area contributed by atoms with Crippen molar-refractivity contribution in [3.8, 4) is 0 Å². The zero-order valence-corrected chi connectivity index (χ0v) is 15.0. The van der Waals surface area contributed by atoms with Crippen LogP contribution in [0.15, 0.2) is 12.5 Å². The van der Waals surface area contributed by atoms with Crippen LogP contribution in [0.3, 0.4) is 0 Å². The molecular weight excluding hydrogens is 342 g/mol. The third kappa shape index (κ3) is 5.96. The lowest BCUT2D eigenvalue weighted by atomic mass is 10.1. The number of aryl methyl sites for hydroxylation is 1. The van der Waals surface area contributed by atoms with Crippen LogP contribution in [-0.4, -0.2) is 56.0 Å². The van der Waals surface area contributed by atoms with Gasteiger partial charge in [-0.25, -0.2) is 9.97 Å². The second-order valence-corrected chi connectivity index (χ2v) is 5.92. The molecule has 26 heavy (non-hydrogen) atoms. The number of ether oxygens (including phenoxy) is 2. The first-order valence-electron chi connectivity index (χ1n) is 8.24. The van der Waals surface area contributed by atoms with Gasteiger partial charge in [-0.05, 0) is 13.3 Å². The molecule has 10 heteroatoms. The van der Waals surface area contributed by atoms with Gasteiger partial charge in [0.05, 0.1) is 25.7 Å². The van der Waals surface area contributed by atoms with Crippen LogP contribution in [0, 0.1) is 5.92 Å². The summed E-state index contributed by atoms with van der Waals surface area (Å²) in [6, 6.07) is 0. The van der Waals surface area contributed by atoms with Crippen molar-refractivity contribution in [2.75, 3.05) is 18.5 Å². The maximum Gasteiger partial charge on any atom is 0.302 e. The predicted molar refractivity (Wildman–Crippen MR) is 92.0 cm³/mol. The third-order valence-electron chi connectivity index (χ3n) is 3.52. The van der Waals surface area contributed by atoms with Crippen LogP contribution < -0.4 is 5.32 Å². The standard InChI is InChI=1S/C16H23N5O5/c1-10(22)19-16-17-6-14-15(20-16)21(9-18-14)5-4-13(7-25-11(2)23)8-26-12(3)24/h6,9-10,13,22H,4-5,7-8H2,1-3H3,(H,17,19,20). The van der Waals surface area contributed by atoms with Gasteiger partial charge in [-0.2, -0.15) is 4.98 Å². The van der Waals surface area contributed by atoms with E-state index in [1.165, 1.54) is 13.8 Å². The minimum Gasteiger partial charge on any atom is -0.465 e. The Balaban J connectivity index is 2.06. The largest absolute Gasteiger partial charge is 0.465 e. The summed E-state index contributed by atoms with van der Waals surface area (Å²) in [5, 5.41) is 12.1. The van der Waals surface area contributed by atoms with Crippen LogP contribution in [0.5, 0.6) is 0 Å². The maximum absolute atomic E-state index is 11.0. The first kappa shape index (κ1) is 19.6. The van der Waals surface area contributed by atoms with E-state index in [2.05, 4.69) is 20.3 Å². The molecule has 0 aliphatic rings. The number of anilines is 1. The molecule has 2 aromatic rings. The average molecular weight is 365 g/mol. The molecular formula is C16H23N5O5. The van der Waals surface area contributed by atoms with E-state index in [1.54, 1.807) is 19.4 Å². The van der Waals surface area contributed by atoms with E-state index in [9.17, 15) is 14.7 Å². The fourth-order valence-corrected chi connectivity index (χ4v) is 2.28. The van der Waals surface area contributed by atoms with Crippen LogP contribution in [0.4, 0.5) is 5.95 Å². The molecule has 0 fully saturated rings. The Morgan fingerprint density at radius 3 is 2.46 bits per heavy atom. The molecule has 2 rings (SSSR count). The van der Waals surface area contributed by atoms with Gasteiger partial charge in [0, 0.05) is 26.3 Å². The number of rotatable bonds is 9. The summed E-state index contributed by atoms with van der Waals surface area (Å²) in [4.78, 5) is 34.7. The molecule has 142 valence electrons. The van der Waals surface area contributed by atoms with Crippen molar-refractivity contribution in [1.29, 1.82) is 0 Å². The third-order valence-corrected chi connectivity index (χ3v) is 3.52. The van der Waals surface area contributed by atoms with Crippen molar-refractivity contribution in [3.05, 3.63) is 12.5 Å². The van der Waals surface area contributed by atoms with Crippen LogP contribution >= 0.6 is 0 Å². The summed E-state index contributed by atoms with van der Waals surface area (Å²) in [7, 11) is 0. The summed E-state index contributed by atoms with van der Waals surface area (Å²) < 4.78 is 11.9. The fourth-order valence-electron chi connectivity index (χ4n) is 2.28. The number of nitrogens with zero attached hydrogens (tertiary/aromatic N) is 4. The molecule has 0 radical (unpaired) electrons. The van der Waals surface area contributed by atoms with E-state index in [-0.39, 0.29) is 31.1 Å². The predicted octanol–water partition coefficient (Wildman–Crippen LogP) is 0.709. The van der Waals surface area contributed by atoms with Crippen molar-refractivity contribution < 1.29 is 24.2 Å². The summed E-state index contributed by atoms with van der Waals surface area (Å²) >= 11 is 0. The smallest absolute Gasteiger partial charge is 0.302 e. The van der Waals surface area contributed by atoms with Gasteiger partial charge in [0.15, 0.2) is 5.65 Å². The van der Waals surface area contributed by atoms with Gasteiger partial charge >= 0.3 is 11.9 Å². The molecule has 1 atom stereocenters. The first-order valence-corrected chi connectivity index (χ1v) is 8.24. The zero-order valence-electron chi connectivity index (χ0n) is 15.0. The van der Waals surface area contributed by atoms with Gasteiger partial charge in [-0.1, -0.05) is 0 Å². The van der Waals surface area contributed by atoms with Gasteiger partial charge in [-0.15, -0.1) is 0 Å². The van der Waals surface area contributed by atoms with E-state index >= 15 is 0 Å². The molecule has 0 aliphatic carbocycles. The van der Waals surface area contributed by atoms with Crippen LogP contribution in [0.25, 0.3) is 11.2 Å². The van der Waals surface area contributed by atoms with E-state index in [0.717, 1.165) is 0 Å². The van der Waals surface area contributed by atoms with Gasteiger partial charge in [0.2, 0.25) is 5.95 Å². The minimum atomic E-state index is -0.777. The highest BCUT2D eigenvalue weighted by Gasteiger charge is 2.15. The van der Waals surface area contributed by atoms with Gasteiger partial charge in [-0.3, -0.25) is 9.59 Å². The van der Waals surface area contributed by atoms with Crippen LogP contribution in [0.1, 0.15) is 27.2 Å². The van der Waals surface area contributed by atoms with Gasteiger partial charge < -0.3 is 24.5 Å². The molecule has 0 spiro atoms. The number of hydrogen-bond acceptors (Lipinski definition) is 9. The van der Waals surface area contributed by atoms with E-state index in [4.69, 9.17) is 9.47 Å². The van der Waals surface area contributed by atoms with Crippen molar-refractivity contribution in [1.82, 2.24) is 19.5 Å². The topological polar surface area (TPSA) is 128 Å². The second-order valence-electron chi connectivity index (χ2n) is 5.92. The molecule has 0 amide bonds. The number of carbonyl (C=O) groups excluding carboxylic acids is 2. The Kier molecular flexibility index (Phi) is 6.84. The highest BCUT2D eigenvalue weighted by Crippen LogP contribution is 2.15. The molecule has 2 N–H and O–H groups in total. The Labute approximate surface area is 150 Å². The summed E-state index contributed by atoms with van der Waals surface area (Å²) in [6.45, 7) is 5.10. The van der Waals surface area contributed by atoms with Crippen molar-refractivity contribution in [2.45, 2.75) is 40.0 Å². The maximum atomic E-state index is 11.0. The highest BCUT2D eigenvalue weighted by molar-refractivity contribution is 5.70. The van der Waals surface area contributed by atoms with Crippen molar-refractivity contribution >= 4 is 29.1 Å². The number of aromatic nitrogens is 4. The monoisotopic (exact) mass is 365 g/mol. The minimum absolute atomic E-state index is 0.142. The van der Waals surface area contributed by atoms with Crippen LogP contribution in [-0.2, 0) is 25.6 Å². The number of aliphatic hydroxyl groups excluding tert-OH is 1. The summed E-state index contributed by atoms with van der Waals surface area (Å²) in [5.41, 5.74) is 1.24. The molecule has 1 unspecified atom stereocenters. The highest BCUT2D eigenvalue weighted by atomic mass is 16.5. The zero-order chi connectivity index (χ0) is 19.1. The summed E-state index contributed by atoms with van der Waals surface area (Å²) in [6.07, 6.45) is 3.02. The molecule has 2 heterocycles. The van der Waals surface area contributed by atoms with Gasteiger partial charge in [0.25, 0.3) is 0 Å². The number of imidazole rings is 1. The molecule has 0 saturated heterocycles. The number of esters is 2. The first-order chi connectivity index (χ1) is 12.3. The van der Waals surface area contributed by atoms with Crippen LogP contribution in [0.2, 0.25) is 0 Å². The molecule has 0 bridgehead atoms. The Morgan fingerprint density at radius 1 is 1.23 bits per heavy atom. The lowest BCUT2D eigenvalue weighted by molar-refractivity contribution is -0.146. The lowest BCUT2D eigenvalue weighted by Crippen LogP contribution is -2.21. The SMILES string of the molecule is CC(=O)OCC(CCn1cnc2cnc(NC(C)O)nc21)COC(C)=O. The van der Waals surface area contributed by atoms with Crippen molar-refractivity contribution in [2.24, 2.45) is 5.92 Å².